The van der Waals surface area contributed by atoms with Crippen LogP contribution in [0.15, 0.2) is 23.1 Å². The number of benzene rings is 1. The summed E-state index contributed by atoms with van der Waals surface area (Å²) < 4.78 is 23.2. The summed E-state index contributed by atoms with van der Waals surface area (Å²) in [6.07, 6.45) is 1.62. The second-order valence-corrected chi connectivity index (χ2v) is 6.05. The van der Waals surface area contributed by atoms with Gasteiger partial charge in [0.05, 0.1) is 24.0 Å². The van der Waals surface area contributed by atoms with Gasteiger partial charge < -0.3 is 15.2 Å². The lowest BCUT2D eigenvalue weighted by Crippen LogP contribution is -2.17. The van der Waals surface area contributed by atoms with Crippen LogP contribution in [-0.4, -0.2) is 29.2 Å². The van der Waals surface area contributed by atoms with Crippen LogP contribution in [0.25, 0.3) is 0 Å². The van der Waals surface area contributed by atoms with Crippen LogP contribution in [0.5, 0.6) is 11.5 Å². The Bertz CT molecular complexity index is 434. The Hall–Kier alpha value is -1.07. The molecule has 2 unspecified atom stereocenters. The quantitative estimate of drug-likeness (QED) is 0.903. The second kappa shape index (κ2) is 6.20. The zero-order valence-corrected chi connectivity index (χ0v) is 11.4. The number of hydrogen-bond donors (Lipinski definition) is 1. The predicted molar refractivity (Wildman–Crippen MR) is 71.6 cm³/mol. The van der Waals surface area contributed by atoms with Gasteiger partial charge in [0.1, 0.15) is 0 Å². The molecule has 0 amide bonds. The fraction of sp³-hybridized carbons (Fsp3) is 0.538. The summed E-state index contributed by atoms with van der Waals surface area (Å²) in [7, 11) is -1.02. The molecule has 0 radical (unpaired) electrons. The van der Waals surface area contributed by atoms with Crippen molar-refractivity contribution in [3.8, 4) is 11.5 Å². The van der Waals surface area contributed by atoms with Gasteiger partial charge in [0.25, 0.3) is 0 Å². The maximum Gasteiger partial charge on any atom is 0.162 e. The average Bonchev–Trinajstić information content (AvgIpc) is 2.60. The van der Waals surface area contributed by atoms with Gasteiger partial charge in [0, 0.05) is 29.2 Å². The Kier molecular flexibility index (Phi) is 4.60. The lowest BCUT2D eigenvalue weighted by Gasteiger charge is -2.10. The van der Waals surface area contributed by atoms with Crippen molar-refractivity contribution in [1.82, 2.24) is 0 Å². The minimum absolute atomic E-state index is 0.0781. The summed E-state index contributed by atoms with van der Waals surface area (Å²) in [4.78, 5) is 0.778. The molecule has 0 aromatic heterocycles. The van der Waals surface area contributed by atoms with E-state index in [-0.39, 0.29) is 6.04 Å². The Labute approximate surface area is 110 Å². The summed E-state index contributed by atoms with van der Waals surface area (Å²) in [6.45, 7) is 3.23. The van der Waals surface area contributed by atoms with Crippen molar-refractivity contribution in [2.24, 2.45) is 5.73 Å². The Morgan fingerprint density at radius 2 is 2.06 bits per heavy atom. The maximum absolute atomic E-state index is 12.1. The maximum atomic E-state index is 12.1. The molecule has 0 saturated heterocycles. The Morgan fingerprint density at radius 3 is 2.78 bits per heavy atom. The number of rotatable bonds is 4. The third kappa shape index (κ3) is 3.46. The van der Waals surface area contributed by atoms with Gasteiger partial charge in [-0.3, -0.25) is 4.21 Å². The molecule has 1 aromatic carbocycles. The van der Waals surface area contributed by atoms with Crippen molar-refractivity contribution in [1.29, 1.82) is 0 Å². The monoisotopic (exact) mass is 269 g/mol. The van der Waals surface area contributed by atoms with Crippen molar-refractivity contribution in [3.63, 3.8) is 0 Å². The van der Waals surface area contributed by atoms with Crippen LogP contribution >= 0.6 is 0 Å². The molecular formula is C13H19NO3S. The van der Waals surface area contributed by atoms with Crippen molar-refractivity contribution in [3.05, 3.63) is 18.2 Å². The first-order valence-corrected chi connectivity index (χ1v) is 7.52. The van der Waals surface area contributed by atoms with Crippen LogP contribution in [0.4, 0.5) is 0 Å². The number of fused-ring (bicyclic) bond motifs is 1. The molecule has 0 spiro atoms. The highest BCUT2D eigenvalue weighted by molar-refractivity contribution is 7.85. The number of ether oxygens (including phenoxy) is 2. The summed E-state index contributed by atoms with van der Waals surface area (Å²) in [6, 6.07) is 5.57. The van der Waals surface area contributed by atoms with Gasteiger partial charge in [-0.15, -0.1) is 0 Å². The van der Waals surface area contributed by atoms with Gasteiger partial charge in [-0.2, -0.15) is 0 Å². The molecule has 2 rings (SSSR count). The van der Waals surface area contributed by atoms with Crippen LogP contribution in [-0.2, 0) is 10.8 Å². The largest absolute Gasteiger partial charge is 0.490 e. The summed E-state index contributed by atoms with van der Waals surface area (Å²) in [5, 5.41) is 0. The molecule has 0 fully saturated rings. The van der Waals surface area contributed by atoms with Crippen LogP contribution in [0.2, 0.25) is 0 Å². The van der Waals surface area contributed by atoms with Crippen LogP contribution < -0.4 is 15.2 Å². The average molecular weight is 269 g/mol. The van der Waals surface area contributed by atoms with E-state index in [1.807, 2.05) is 25.1 Å². The highest BCUT2D eigenvalue weighted by Crippen LogP contribution is 2.31. The molecule has 100 valence electrons. The molecule has 1 heterocycles. The first-order valence-electron chi connectivity index (χ1n) is 6.20. The SMILES string of the molecule is CC(N)CCS(=O)c1ccc2c(c1)OCCCO2. The number of nitrogens with two attached hydrogens (primary N) is 1. The van der Waals surface area contributed by atoms with E-state index >= 15 is 0 Å². The summed E-state index contributed by atoms with van der Waals surface area (Å²) in [5.41, 5.74) is 5.67. The van der Waals surface area contributed by atoms with Crippen molar-refractivity contribution < 1.29 is 13.7 Å². The number of hydrogen-bond acceptors (Lipinski definition) is 4. The smallest absolute Gasteiger partial charge is 0.162 e. The molecule has 2 N–H and O–H groups in total. The fourth-order valence-corrected chi connectivity index (χ4v) is 2.98. The predicted octanol–water partition coefficient (Wildman–Crippen LogP) is 1.69. The molecule has 1 aromatic rings. The Morgan fingerprint density at radius 1 is 1.33 bits per heavy atom. The van der Waals surface area contributed by atoms with Gasteiger partial charge in [-0.05, 0) is 25.5 Å². The van der Waals surface area contributed by atoms with E-state index < -0.39 is 10.8 Å². The van der Waals surface area contributed by atoms with Crippen LogP contribution in [0.1, 0.15) is 19.8 Å². The summed E-state index contributed by atoms with van der Waals surface area (Å²) >= 11 is 0. The van der Waals surface area contributed by atoms with E-state index in [1.165, 1.54) is 0 Å². The van der Waals surface area contributed by atoms with Crippen molar-refractivity contribution in [2.75, 3.05) is 19.0 Å². The minimum Gasteiger partial charge on any atom is -0.490 e. The van der Waals surface area contributed by atoms with Gasteiger partial charge in [0.15, 0.2) is 11.5 Å². The molecule has 4 nitrogen and oxygen atoms in total. The summed E-state index contributed by atoms with van der Waals surface area (Å²) in [5.74, 6) is 2.01. The normalized spacial score (nSPS) is 17.9. The van der Waals surface area contributed by atoms with Gasteiger partial charge in [-0.1, -0.05) is 0 Å². The zero-order valence-electron chi connectivity index (χ0n) is 10.6. The third-order valence-corrected chi connectivity index (χ3v) is 4.13. The molecule has 1 aliphatic rings. The molecule has 2 atom stereocenters. The fourth-order valence-electron chi connectivity index (χ4n) is 1.70. The highest BCUT2D eigenvalue weighted by atomic mass is 32.2. The van der Waals surface area contributed by atoms with E-state index in [9.17, 15) is 4.21 Å². The molecule has 18 heavy (non-hydrogen) atoms. The van der Waals surface area contributed by atoms with Gasteiger partial charge >= 0.3 is 0 Å². The molecule has 5 heteroatoms. The van der Waals surface area contributed by atoms with Crippen LogP contribution in [0, 0.1) is 0 Å². The minimum atomic E-state index is -1.02. The molecular weight excluding hydrogens is 250 g/mol. The van der Waals surface area contributed by atoms with E-state index in [4.69, 9.17) is 15.2 Å². The first kappa shape index (κ1) is 13.4. The standard InChI is InChI=1S/C13H19NO3S/c1-10(14)5-8-18(15)11-3-4-12-13(9-11)17-7-2-6-16-12/h3-4,9-10H,2,5-8,14H2,1H3. The lowest BCUT2D eigenvalue weighted by molar-refractivity contribution is 0.297. The van der Waals surface area contributed by atoms with E-state index in [1.54, 1.807) is 0 Å². The highest BCUT2D eigenvalue weighted by Gasteiger charge is 2.13. The zero-order chi connectivity index (χ0) is 13.0. The molecule has 0 aliphatic carbocycles. The van der Waals surface area contributed by atoms with Gasteiger partial charge in [0.2, 0.25) is 0 Å². The lowest BCUT2D eigenvalue weighted by atomic mass is 10.3. The first-order chi connectivity index (χ1) is 8.66. The van der Waals surface area contributed by atoms with Crippen molar-refractivity contribution in [2.45, 2.75) is 30.7 Å². The van der Waals surface area contributed by atoms with E-state index in [0.717, 1.165) is 23.5 Å². The molecule has 1 aliphatic heterocycles. The van der Waals surface area contributed by atoms with Crippen molar-refractivity contribution >= 4 is 10.8 Å². The van der Waals surface area contributed by atoms with Gasteiger partial charge in [-0.25, -0.2) is 0 Å². The molecule has 0 saturated carbocycles. The van der Waals surface area contributed by atoms with E-state index in [0.29, 0.717) is 24.7 Å². The third-order valence-electron chi connectivity index (χ3n) is 2.74. The topological polar surface area (TPSA) is 61.6 Å². The Balaban J connectivity index is 2.10. The van der Waals surface area contributed by atoms with E-state index in [2.05, 4.69) is 0 Å². The molecule has 0 bridgehead atoms. The van der Waals surface area contributed by atoms with Crippen LogP contribution in [0.3, 0.4) is 0 Å². The second-order valence-electron chi connectivity index (χ2n) is 4.47.